The maximum atomic E-state index is 11.4. The minimum absolute atomic E-state index is 0.270. The van der Waals surface area contributed by atoms with Gasteiger partial charge in [-0.3, -0.25) is 0 Å². The Morgan fingerprint density at radius 3 is 2.89 bits per heavy atom. The molecule has 5 heteroatoms. The van der Waals surface area contributed by atoms with Crippen LogP contribution in [-0.4, -0.2) is 25.2 Å². The molecule has 94 valence electrons. The number of carbonyl (C=O) groups is 1. The van der Waals surface area contributed by atoms with Crippen LogP contribution in [0.15, 0.2) is 18.2 Å². The number of methoxy groups -OCH3 is 1. The van der Waals surface area contributed by atoms with E-state index in [-0.39, 0.29) is 5.54 Å². The number of hydrogen-bond acceptors (Lipinski definition) is 4. The first-order valence-electron chi connectivity index (χ1n) is 5.70. The lowest BCUT2D eigenvalue weighted by Crippen LogP contribution is -2.18. The Kier molecular flexibility index (Phi) is 3.11. The van der Waals surface area contributed by atoms with Crippen LogP contribution in [0.5, 0.6) is 0 Å². The van der Waals surface area contributed by atoms with Gasteiger partial charge in [-0.15, -0.1) is 0 Å². The molecule has 3 N–H and O–H groups in total. The molecule has 0 amide bonds. The number of esters is 1. The summed E-state index contributed by atoms with van der Waals surface area (Å²) in [6, 6.07) is 4.93. The Morgan fingerprint density at radius 2 is 2.33 bits per heavy atom. The van der Waals surface area contributed by atoms with Crippen molar-refractivity contribution in [3.8, 4) is 0 Å². The van der Waals surface area contributed by atoms with Crippen LogP contribution in [0.2, 0.25) is 0 Å². The fourth-order valence-electron chi connectivity index (χ4n) is 1.69. The summed E-state index contributed by atoms with van der Waals surface area (Å²) in [5.74, 6) is -0.399. The average Bonchev–Trinajstić information content (AvgIpc) is 3.17. The van der Waals surface area contributed by atoms with Crippen LogP contribution in [-0.2, 0) is 4.74 Å². The Labute approximate surface area is 106 Å². The van der Waals surface area contributed by atoms with Crippen molar-refractivity contribution in [3.05, 3.63) is 35.2 Å². The van der Waals surface area contributed by atoms with Crippen molar-refractivity contribution in [1.82, 2.24) is 0 Å². The third kappa shape index (κ3) is 2.38. The molecule has 1 aromatic rings. The molecular formula is C13H15N3O2. The van der Waals surface area contributed by atoms with E-state index >= 15 is 0 Å². The quantitative estimate of drug-likeness (QED) is 0.483. The average molecular weight is 245 g/mol. The summed E-state index contributed by atoms with van der Waals surface area (Å²) in [5, 5.41) is 3.14. The molecule has 0 atom stereocenters. The van der Waals surface area contributed by atoms with E-state index < -0.39 is 5.97 Å². The second-order valence-corrected chi connectivity index (χ2v) is 4.48. The van der Waals surface area contributed by atoms with Gasteiger partial charge < -0.3 is 20.6 Å². The van der Waals surface area contributed by atoms with E-state index in [1.54, 1.807) is 18.2 Å². The number of nitrogens with two attached hydrogens (primary N) is 1. The van der Waals surface area contributed by atoms with Crippen molar-refractivity contribution in [2.24, 2.45) is 0 Å². The summed E-state index contributed by atoms with van der Waals surface area (Å²) in [7, 11) is 1.34. The van der Waals surface area contributed by atoms with Crippen molar-refractivity contribution in [1.29, 1.82) is 0 Å². The van der Waals surface area contributed by atoms with E-state index in [1.807, 2.05) is 0 Å². The fourth-order valence-corrected chi connectivity index (χ4v) is 1.69. The van der Waals surface area contributed by atoms with Crippen LogP contribution in [0.25, 0.3) is 4.85 Å². The first-order valence-corrected chi connectivity index (χ1v) is 5.70. The zero-order valence-electron chi connectivity index (χ0n) is 10.2. The number of rotatable bonds is 4. The van der Waals surface area contributed by atoms with E-state index in [0.29, 0.717) is 23.5 Å². The lowest BCUT2D eigenvalue weighted by atomic mass is 10.1. The molecule has 0 aliphatic heterocycles. The van der Waals surface area contributed by atoms with Crippen LogP contribution >= 0.6 is 0 Å². The van der Waals surface area contributed by atoms with E-state index in [4.69, 9.17) is 12.3 Å². The van der Waals surface area contributed by atoms with Crippen LogP contribution < -0.4 is 11.1 Å². The second kappa shape index (κ2) is 4.57. The van der Waals surface area contributed by atoms with E-state index in [2.05, 4.69) is 14.9 Å². The normalized spacial score (nSPS) is 15.6. The van der Waals surface area contributed by atoms with Gasteiger partial charge >= 0.3 is 5.97 Å². The predicted molar refractivity (Wildman–Crippen MR) is 69.3 cm³/mol. The lowest BCUT2D eigenvalue weighted by Gasteiger charge is -2.11. The summed E-state index contributed by atoms with van der Waals surface area (Å²) in [6.45, 7) is 7.67. The van der Waals surface area contributed by atoms with Crippen LogP contribution in [0.4, 0.5) is 11.4 Å². The summed E-state index contributed by atoms with van der Waals surface area (Å²) in [5.41, 5.74) is 7.24. The standard InChI is InChI=1S/C13H15N3O2/c1-15-13(5-6-13)8-16-11-7-9(12(17)18-2)3-4-10(11)14/h3-4,7,16H,5-6,8,14H2,2H3. The third-order valence-electron chi connectivity index (χ3n) is 3.15. The number of benzene rings is 1. The summed E-state index contributed by atoms with van der Waals surface area (Å²) in [4.78, 5) is 15.0. The lowest BCUT2D eigenvalue weighted by molar-refractivity contribution is 0.0601. The maximum absolute atomic E-state index is 11.4. The number of carbonyl (C=O) groups excluding carboxylic acids is 1. The Morgan fingerprint density at radius 1 is 1.61 bits per heavy atom. The molecule has 0 heterocycles. The summed E-state index contributed by atoms with van der Waals surface area (Å²) >= 11 is 0. The molecule has 5 nitrogen and oxygen atoms in total. The van der Waals surface area contributed by atoms with Crippen molar-refractivity contribution >= 4 is 17.3 Å². The van der Waals surface area contributed by atoms with Gasteiger partial charge in [0.05, 0.1) is 30.6 Å². The molecule has 1 aliphatic rings. The third-order valence-corrected chi connectivity index (χ3v) is 3.15. The highest BCUT2D eigenvalue weighted by atomic mass is 16.5. The predicted octanol–water partition coefficient (Wildman–Crippen LogP) is 1.92. The molecule has 2 rings (SSSR count). The van der Waals surface area contributed by atoms with Gasteiger partial charge in [-0.05, 0) is 18.2 Å². The smallest absolute Gasteiger partial charge is 0.337 e. The van der Waals surface area contributed by atoms with Gasteiger partial charge in [0.25, 0.3) is 0 Å². The molecule has 0 saturated heterocycles. The highest BCUT2D eigenvalue weighted by Crippen LogP contribution is 2.40. The molecule has 0 unspecified atom stereocenters. The molecule has 0 aromatic heterocycles. The van der Waals surface area contributed by atoms with Crippen molar-refractivity contribution in [2.75, 3.05) is 24.7 Å². The summed E-state index contributed by atoms with van der Waals surface area (Å²) < 4.78 is 4.65. The van der Waals surface area contributed by atoms with Gasteiger partial charge in [0.1, 0.15) is 0 Å². The highest BCUT2D eigenvalue weighted by Gasteiger charge is 2.50. The van der Waals surface area contributed by atoms with Crippen LogP contribution in [0.3, 0.4) is 0 Å². The minimum atomic E-state index is -0.399. The van der Waals surface area contributed by atoms with E-state index in [1.165, 1.54) is 7.11 Å². The number of nitrogens with zero attached hydrogens (tertiary/aromatic N) is 1. The van der Waals surface area contributed by atoms with E-state index in [9.17, 15) is 4.79 Å². The van der Waals surface area contributed by atoms with Crippen molar-refractivity contribution in [2.45, 2.75) is 18.4 Å². The molecular weight excluding hydrogens is 230 g/mol. The topological polar surface area (TPSA) is 68.7 Å². The molecule has 1 aromatic carbocycles. The molecule has 0 radical (unpaired) electrons. The number of hydrogen-bond donors (Lipinski definition) is 2. The summed E-state index contributed by atoms with van der Waals surface area (Å²) in [6.07, 6.45) is 1.83. The Bertz CT molecular complexity index is 515. The Balaban J connectivity index is 2.12. The number of nitrogen functional groups attached to an aromatic ring is 1. The van der Waals surface area contributed by atoms with Crippen LogP contribution in [0, 0.1) is 6.57 Å². The minimum Gasteiger partial charge on any atom is -0.465 e. The molecule has 1 saturated carbocycles. The van der Waals surface area contributed by atoms with Crippen molar-refractivity contribution in [3.63, 3.8) is 0 Å². The Hall–Kier alpha value is -2.22. The largest absolute Gasteiger partial charge is 0.465 e. The number of ether oxygens (including phenoxy) is 1. The first kappa shape index (κ1) is 12.2. The zero-order chi connectivity index (χ0) is 13.2. The van der Waals surface area contributed by atoms with Gasteiger partial charge in [0.2, 0.25) is 5.54 Å². The number of nitrogens with one attached hydrogen (secondary N) is 1. The molecule has 1 aliphatic carbocycles. The van der Waals surface area contributed by atoms with Gasteiger partial charge in [0, 0.05) is 12.8 Å². The zero-order valence-corrected chi connectivity index (χ0v) is 10.2. The van der Waals surface area contributed by atoms with Gasteiger partial charge in [0.15, 0.2) is 0 Å². The highest BCUT2D eigenvalue weighted by molar-refractivity contribution is 5.91. The van der Waals surface area contributed by atoms with Gasteiger partial charge in [-0.25, -0.2) is 11.4 Å². The molecule has 18 heavy (non-hydrogen) atoms. The van der Waals surface area contributed by atoms with Gasteiger partial charge in [-0.2, -0.15) is 0 Å². The molecule has 0 spiro atoms. The SMILES string of the molecule is [C-]#[N+]C1(CNc2cc(C(=O)OC)ccc2N)CC1. The van der Waals surface area contributed by atoms with E-state index in [0.717, 1.165) is 12.8 Å². The first-order chi connectivity index (χ1) is 8.60. The second-order valence-electron chi connectivity index (χ2n) is 4.48. The van der Waals surface area contributed by atoms with Crippen molar-refractivity contribution < 1.29 is 9.53 Å². The fraction of sp³-hybridized carbons (Fsp3) is 0.385. The maximum Gasteiger partial charge on any atom is 0.337 e. The molecule has 0 bridgehead atoms. The van der Waals surface area contributed by atoms with Crippen LogP contribution in [0.1, 0.15) is 23.2 Å². The number of anilines is 2. The monoisotopic (exact) mass is 245 g/mol. The van der Waals surface area contributed by atoms with Gasteiger partial charge in [-0.1, -0.05) is 0 Å². The molecule has 1 fully saturated rings.